The summed E-state index contributed by atoms with van der Waals surface area (Å²) in [5.74, 6) is -8.46. The maximum absolute atomic E-state index is 15.0. The number of aromatic hydroxyl groups is 1. The summed E-state index contributed by atoms with van der Waals surface area (Å²) < 4.78 is 17.5. The number of hydrogen-bond donors (Lipinski definition) is 2. The Morgan fingerprint density at radius 1 is 1.08 bits per heavy atom. The van der Waals surface area contributed by atoms with Gasteiger partial charge >= 0.3 is 5.97 Å². The lowest BCUT2D eigenvalue weighted by Gasteiger charge is -2.49. The lowest BCUT2D eigenvalue weighted by Crippen LogP contribution is -2.49. The molecule has 51 heavy (non-hydrogen) atoms. The number of aliphatic carboxylic acids is 1. The van der Waals surface area contributed by atoms with Crippen molar-refractivity contribution in [1.82, 2.24) is 14.7 Å². The highest BCUT2D eigenvalue weighted by atomic mass is 35.5. The van der Waals surface area contributed by atoms with Crippen LogP contribution in [-0.2, 0) is 31.0 Å². The Labute approximate surface area is 299 Å². The van der Waals surface area contributed by atoms with E-state index in [1.165, 1.54) is 28.2 Å². The Morgan fingerprint density at radius 3 is 2.57 bits per heavy atom. The summed E-state index contributed by atoms with van der Waals surface area (Å²) in [6.07, 6.45) is 1.67. The zero-order valence-corrected chi connectivity index (χ0v) is 29.3. The van der Waals surface area contributed by atoms with Crippen LogP contribution in [0.25, 0.3) is 20.7 Å². The number of allylic oxidation sites excluding steroid dienone is 2. The summed E-state index contributed by atoms with van der Waals surface area (Å²) >= 11 is 7.79. The number of hydrogen-bond acceptors (Lipinski definition) is 8. The number of amides is 4. The molecule has 14 heteroatoms. The van der Waals surface area contributed by atoms with Crippen molar-refractivity contribution in [3.8, 4) is 16.3 Å². The van der Waals surface area contributed by atoms with Crippen molar-refractivity contribution < 1.29 is 38.6 Å². The van der Waals surface area contributed by atoms with E-state index in [1.807, 2.05) is 31.2 Å². The van der Waals surface area contributed by atoms with Crippen LogP contribution in [-0.4, -0.2) is 61.0 Å². The summed E-state index contributed by atoms with van der Waals surface area (Å²) in [5.41, 5.74) is 1.08. The molecule has 4 aliphatic rings. The van der Waals surface area contributed by atoms with Crippen molar-refractivity contribution in [3.05, 3.63) is 76.1 Å². The predicted octanol–water partition coefficient (Wildman–Crippen LogP) is 5.81. The van der Waals surface area contributed by atoms with Gasteiger partial charge in [-0.25, -0.2) is 9.29 Å². The zero-order chi connectivity index (χ0) is 36.3. The Balaban J connectivity index is 1.23. The Bertz CT molecular complexity index is 2280. The van der Waals surface area contributed by atoms with Gasteiger partial charge in [0.25, 0.3) is 0 Å². The molecule has 2 saturated heterocycles. The van der Waals surface area contributed by atoms with Crippen LogP contribution in [0.3, 0.4) is 0 Å². The van der Waals surface area contributed by atoms with Crippen molar-refractivity contribution in [2.75, 3.05) is 11.4 Å². The maximum Gasteiger partial charge on any atom is 0.305 e. The Morgan fingerprint density at radius 2 is 1.84 bits per heavy atom. The van der Waals surface area contributed by atoms with Crippen molar-refractivity contribution in [3.63, 3.8) is 0 Å². The Hall–Kier alpha value is -4.88. The van der Waals surface area contributed by atoms with E-state index < -0.39 is 82.6 Å². The van der Waals surface area contributed by atoms with Crippen molar-refractivity contribution in [2.24, 2.45) is 36.1 Å². The third-order valence-electron chi connectivity index (χ3n) is 11.4. The molecule has 1 saturated carbocycles. The van der Waals surface area contributed by atoms with Crippen LogP contribution in [0.5, 0.6) is 5.75 Å². The molecule has 2 aromatic heterocycles. The molecule has 0 radical (unpaired) electrons. The number of carbonyl (C=O) groups excluding carboxylic acids is 4. The van der Waals surface area contributed by atoms with Gasteiger partial charge in [-0.05, 0) is 79.5 Å². The number of rotatable bonds is 6. The molecule has 11 nitrogen and oxygen atoms in total. The second kappa shape index (κ2) is 11.6. The number of aromatic nitrogens is 2. The second-order valence-corrected chi connectivity index (χ2v) is 15.5. The maximum atomic E-state index is 15.0. The quantitative estimate of drug-likeness (QED) is 0.186. The molecule has 0 bridgehead atoms. The summed E-state index contributed by atoms with van der Waals surface area (Å²) in [5, 5.41) is 25.6. The molecule has 2 N–H and O–H groups in total. The lowest BCUT2D eigenvalue weighted by molar-refractivity contribution is -0.142. The number of nitrogens with zero attached hydrogens (tertiary/aromatic N) is 4. The van der Waals surface area contributed by atoms with Gasteiger partial charge in [0, 0.05) is 35.3 Å². The first-order chi connectivity index (χ1) is 24.2. The van der Waals surface area contributed by atoms with E-state index in [1.54, 1.807) is 20.0 Å². The average Bonchev–Trinajstić information content (AvgIpc) is 3.75. The van der Waals surface area contributed by atoms with Crippen LogP contribution in [0.2, 0.25) is 5.02 Å². The molecule has 8 rings (SSSR count). The summed E-state index contributed by atoms with van der Waals surface area (Å²) in [4.78, 5) is 71.1. The minimum Gasteiger partial charge on any atom is -0.505 e. The number of carboxylic acid groups (broad SMARTS) is 1. The highest BCUT2D eigenvalue weighted by Gasteiger charge is 2.68. The van der Waals surface area contributed by atoms with Crippen LogP contribution >= 0.6 is 22.9 Å². The number of phenolic OH excluding ortho intramolecular Hbond substituents is 1. The van der Waals surface area contributed by atoms with Gasteiger partial charge in [0.1, 0.15) is 11.5 Å². The third kappa shape index (κ3) is 4.73. The number of aryl methyl sites for hydroxylation is 2. The number of carbonyl (C=O) groups is 5. The fourth-order valence-corrected chi connectivity index (χ4v) is 10.3. The number of thiophene rings is 1. The van der Waals surface area contributed by atoms with Gasteiger partial charge in [-0.3, -0.25) is 33.6 Å². The second-order valence-electron chi connectivity index (χ2n) is 14.1. The van der Waals surface area contributed by atoms with Crippen LogP contribution in [0.1, 0.15) is 43.2 Å². The van der Waals surface area contributed by atoms with Crippen molar-refractivity contribution >= 4 is 68.4 Å². The molecular formula is C37H32ClFN4O7S. The molecule has 4 heterocycles. The summed E-state index contributed by atoms with van der Waals surface area (Å²) in [7, 11) is 1.65. The van der Waals surface area contributed by atoms with E-state index in [4.69, 9.17) is 16.7 Å². The topological polar surface area (TPSA) is 150 Å². The van der Waals surface area contributed by atoms with Gasteiger partial charge in [-0.15, -0.1) is 11.3 Å². The first-order valence-electron chi connectivity index (χ1n) is 16.6. The number of halogens is 2. The van der Waals surface area contributed by atoms with Crippen LogP contribution in [0.15, 0.2) is 54.1 Å². The molecule has 4 amide bonds. The van der Waals surface area contributed by atoms with E-state index in [-0.39, 0.29) is 25.2 Å². The Kier molecular flexibility index (Phi) is 7.55. The smallest absolute Gasteiger partial charge is 0.305 e. The minimum atomic E-state index is -1.43. The van der Waals surface area contributed by atoms with Gasteiger partial charge in [0.15, 0.2) is 11.6 Å². The standard InChI is InChI=1S/C37H32ClFN4O7S/c1-16-21-13-18(38)5-9-27(21)51-32(16)25-15-28(41(3)40-25)43-34(48)23-14-22-19(6-7-20-30(22)35(49)42(33(20)47)11-10-29(45)46)31(37(23,2)36(43)50)17-4-8-26(44)24(39)12-17/h4-6,8-9,12-13,15,20,22-23,30-31,44H,7,10-11,14H2,1-3H3,(H,45,46). The first-order valence-corrected chi connectivity index (χ1v) is 17.8. The molecule has 2 aromatic carbocycles. The van der Waals surface area contributed by atoms with E-state index in [9.17, 15) is 34.2 Å². The van der Waals surface area contributed by atoms with Gasteiger partial charge in [-0.1, -0.05) is 29.3 Å². The molecule has 2 aliphatic carbocycles. The highest BCUT2D eigenvalue weighted by molar-refractivity contribution is 7.22. The number of phenols is 1. The van der Waals surface area contributed by atoms with Gasteiger partial charge < -0.3 is 10.2 Å². The van der Waals surface area contributed by atoms with Gasteiger partial charge in [0.05, 0.1) is 34.5 Å². The molecule has 262 valence electrons. The number of fused-ring (bicyclic) bond motifs is 5. The largest absolute Gasteiger partial charge is 0.505 e. The number of likely N-dealkylation sites (tertiary alicyclic amines) is 1. The normalized spacial score (nSPS) is 27.2. The molecule has 6 atom stereocenters. The van der Waals surface area contributed by atoms with Crippen LogP contribution in [0, 0.1) is 41.8 Å². The third-order valence-corrected chi connectivity index (χ3v) is 13.0. The van der Waals surface area contributed by atoms with Crippen LogP contribution in [0.4, 0.5) is 10.2 Å². The number of carboxylic acids is 1. The van der Waals surface area contributed by atoms with E-state index in [0.717, 1.165) is 36.4 Å². The lowest BCUT2D eigenvalue weighted by atomic mass is 9.51. The highest BCUT2D eigenvalue weighted by Crippen LogP contribution is 2.63. The summed E-state index contributed by atoms with van der Waals surface area (Å²) in [6.45, 7) is 3.38. The molecule has 3 fully saturated rings. The van der Waals surface area contributed by atoms with E-state index >= 15 is 4.39 Å². The summed E-state index contributed by atoms with van der Waals surface area (Å²) in [6, 6.07) is 11.2. The first kappa shape index (κ1) is 33.3. The molecule has 2 aliphatic heterocycles. The fraction of sp³-hybridized carbons (Fsp3) is 0.351. The number of imide groups is 2. The number of anilines is 1. The zero-order valence-electron chi connectivity index (χ0n) is 27.7. The van der Waals surface area contributed by atoms with E-state index in [2.05, 4.69) is 0 Å². The van der Waals surface area contributed by atoms with E-state index in [0.29, 0.717) is 21.9 Å². The average molecular weight is 731 g/mol. The SMILES string of the molecule is Cc1c(-c2cc(N3C(=O)C4CC5C(=CCC6C(=O)N(CCC(=O)O)C(=O)C65)C(c5ccc(O)c(F)c5)C4(C)C3=O)n(C)n2)sc2ccc(Cl)cc12. The molecule has 0 spiro atoms. The van der Waals surface area contributed by atoms with Crippen molar-refractivity contribution in [1.29, 1.82) is 0 Å². The number of benzene rings is 2. The van der Waals surface area contributed by atoms with Crippen LogP contribution < -0.4 is 4.90 Å². The predicted molar refractivity (Wildman–Crippen MR) is 185 cm³/mol. The fourth-order valence-electron chi connectivity index (χ4n) is 9.02. The monoisotopic (exact) mass is 730 g/mol. The van der Waals surface area contributed by atoms with Gasteiger partial charge in [-0.2, -0.15) is 5.10 Å². The van der Waals surface area contributed by atoms with Crippen molar-refractivity contribution in [2.45, 2.75) is 39.0 Å². The molecule has 6 unspecified atom stereocenters. The van der Waals surface area contributed by atoms with Gasteiger partial charge in [0.2, 0.25) is 23.6 Å². The minimum absolute atomic E-state index is 0.0777. The molecule has 4 aromatic rings. The molecular weight excluding hydrogens is 699 g/mol.